The lowest BCUT2D eigenvalue weighted by atomic mass is 9.93. The van der Waals surface area contributed by atoms with Crippen molar-refractivity contribution in [3.05, 3.63) is 65.2 Å². The van der Waals surface area contributed by atoms with Gasteiger partial charge in [0, 0.05) is 5.56 Å². The summed E-state index contributed by atoms with van der Waals surface area (Å²) in [6.07, 6.45) is 3.05. The van der Waals surface area contributed by atoms with Crippen LogP contribution in [0.25, 0.3) is 0 Å². The number of ether oxygens (including phenoxy) is 1. The van der Waals surface area contributed by atoms with Crippen LogP contribution in [0.3, 0.4) is 0 Å². The maximum atomic E-state index is 12.9. The number of aryl methyl sites for hydroxylation is 2. The molecule has 2 aromatic rings. The zero-order valence-corrected chi connectivity index (χ0v) is 17.7. The Morgan fingerprint density at radius 2 is 1.60 bits per heavy atom. The van der Waals surface area contributed by atoms with E-state index in [1.54, 1.807) is 26.2 Å². The number of ketones is 1. The van der Waals surface area contributed by atoms with Gasteiger partial charge in [0.15, 0.2) is 5.78 Å². The van der Waals surface area contributed by atoms with Gasteiger partial charge in [-0.3, -0.25) is 14.5 Å². The van der Waals surface area contributed by atoms with Crippen LogP contribution in [0.15, 0.2) is 48.5 Å². The monoisotopic (exact) mass is 408 g/mol. The molecule has 0 unspecified atom stereocenters. The number of carbonyl (C=O) groups is 3. The molecule has 3 amide bonds. The highest BCUT2D eigenvalue weighted by Crippen LogP contribution is 2.24. The smallest absolute Gasteiger partial charge is 0.325 e. The van der Waals surface area contributed by atoms with Crippen LogP contribution in [-0.4, -0.2) is 41.8 Å². The number of imide groups is 1. The SMILES string of the molecule is CCCc1ccc(C(=O)CN2C(=O)N[C@](C)(CCc3ccc(OC)cc3)C2=O)cc1. The van der Waals surface area contributed by atoms with Gasteiger partial charge in [0.05, 0.1) is 13.7 Å². The topological polar surface area (TPSA) is 75.7 Å². The molecule has 1 aliphatic heterocycles. The summed E-state index contributed by atoms with van der Waals surface area (Å²) in [5, 5.41) is 2.77. The molecule has 6 nitrogen and oxygen atoms in total. The molecule has 6 heteroatoms. The van der Waals surface area contributed by atoms with E-state index < -0.39 is 11.6 Å². The van der Waals surface area contributed by atoms with Crippen molar-refractivity contribution in [2.45, 2.75) is 45.1 Å². The van der Waals surface area contributed by atoms with Gasteiger partial charge < -0.3 is 10.1 Å². The Morgan fingerprint density at radius 3 is 2.20 bits per heavy atom. The molecule has 0 radical (unpaired) electrons. The second kappa shape index (κ2) is 9.11. The predicted octanol–water partition coefficient (Wildman–Crippen LogP) is 3.77. The summed E-state index contributed by atoms with van der Waals surface area (Å²) in [7, 11) is 1.61. The Bertz CT molecular complexity index is 921. The molecule has 0 spiro atoms. The van der Waals surface area contributed by atoms with Crippen LogP contribution in [0.2, 0.25) is 0 Å². The molecule has 0 saturated carbocycles. The lowest BCUT2D eigenvalue weighted by molar-refractivity contribution is -0.130. The second-order valence-electron chi connectivity index (χ2n) is 7.87. The van der Waals surface area contributed by atoms with Crippen LogP contribution in [0.4, 0.5) is 4.79 Å². The van der Waals surface area contributed by atoms with E-state index in [9.17, 15) is 14.4 Å². The van der Waals surface area contributed by atoms with Gasteiger partial charge in [0.1, 0.15) is 11.3 Å². The Balaban J connectivity index is 1.63. The van der Waals surface area contributed by atoms with Crippen LogP contribution in [0, 0.1) is 0 Å². The van der Waals surface area contributed by atoms with Gasteiger partial charge in [-0.05, 0) is 49.4 Å². The van der Waals surface area contributed by atoms with Gasteiger partial charge in [-0.2, -0.15) is 0 Å². The van der Waals surface area contributed by atoms with Crippen LogP contribution in [0.5, 0.6) is 5.75 Å². The number of rotatable bonds is 9. The fraction of sp³-hybridized carbons (Fsp3) is 0.375. The zero-order valence-electron chi connectivity index (χ0n) is 17.7. The average molecular weight is 408 g/mol. The third kappa shape index (κ3) is 4.70. The van der Waals surface area contributed by atoms with Crippen molar-refractivity contribution in [1.29, 1.82) is 0 Å². The first-order valence-electron chi connectivity index (χ1n) is 10.3. The standard InChI is InChI=1S/C24H28N2O4/c1-4-5-17-6-10-19(11-7-17)21(27)16-26-22(28)24(2,25-23(26)29)15-14-18-8-12-20(30-3)13-9-18/h6-13H,4-5,14-16H2,1-3H3,(H,25,29)/t24-/m1/s1. The summed E-state index contributed by atoms with van der Waals surface area (Å²) in [4.78, 5) is 39.0. The van der Waals surface area contributed by atoms with E-state index in [-0.39, 0.29) is 18.2 Å². The number of Topliss-reactive ketones (excluding diaryl/α,β-unsaturated/α-hetero) is 1. The molecule has 1 aliphatic rings. The van der Waals surface area contributed by atoms with Crippen LogP contribution in [0.1, 0.15) is 48.2 Å². The fourth-order valence-corrected chi connectivity index (χ4v) is 3.63. The van der Waals surface area contributed by atoms with Crippen molar-refractivity contribution in [2.24, 2.45) is 0 Å². The highest BCUT2D eigenvalue weighted by molar-refractivity contribution is 6.11. The maximum Gasteiger partial charge on any atom is 0.325 e. The molecule has 2 aromatic carbocycles. The van der Waals surface area contributed by atoms with Crippen LogP contribution >= 0.6 is 0 Å². The third-order valence-electron chi connectivity index (χ3n) is 5.53. The van der Waals surface area contributed by atoms with Gasteiger partial charge in [-0.1, -0.05) is 49.7 Å². The number of hydrogen-bond acceptors (Lipinski definition) is 4. The summed E-state index contributed by atoms with van der Waals surface area (Å²) < 4.78 is 5.15. The van der Waals surface area contributed by atoms with Crippen molar-refractivity contribution >= 4 is 17.7 Å². The van der Waals surface area contributed by atoms with Gasteiger partial charge in [0.25, 0.3) is 5.91 Å². The minimum absolute atomic E-state index is 0.249. The number of methoxy groups -OCH3 is 1. The Hall–Kier alpha value is -3.15. The third-order valence-corrected chi connectivity index (χ3v) is 5.53. The summed E-state index contributed by atoms with van der Waals surface area (Å²) in [6.45, 7) is 3.55. The largest absolute Gasteiger partial charge is 0.497 e. The van der Waals surface area contributed by atoms with Gasteiger partial charge in [-0.25, -0.2) is 4.79 Å². The number of nitrogens with zero attached hydrogens (tertiary/aromatic N) is 1. The molecule has 3 rings (SSSR count). The van der Waals surface area contributed by atoms with Crippen molar-refractivity contribution in [3.63, 3.8) is 0 Å². The van der Waals surface area contributed by atoms with E-state index in [0.717, 1.165) is 34.6 Å². The zero-order chi connectivity index (χ0) is 21.7. The summed E-state index contributed by atoms with van der Waals surface area (Å²) in [5.41, 5.74) is 1.68. The van der Waals surface area contributed by atoms with Crippen LogP contribution < -0.4 is 10.1 Å². The average Bonchev–Trinajstić information content (AvgIpc) is 2.96. The quantitative estimate of drug-likeness (QED) is 0.506. The van der Waals surface area contributed by atoms with Gasteiger partial charge in [-0.15, -0.1) is 0 Å². The molecule has 158 valence electrons. The Morgan fingerprint density at radius 1 is 1.00 bits per heavy atom. The molecule has 0 aliphatic carbocycles. The Labute approximate surface area is 177 Å². The molecule has 1 heterocycles. The summed E-state index contributed by atoms with van der Waals surface area (Å²) in [5.74, 6) is 0.153. The molecule has 30 heavy (non-hydrogen) atoms. The minimum Gasteiger partial charge on any atom is -0.497 e. The lowest BCUT2D eigenvalue weighted by Crippen LogP contribution is -2.44. The van der Waals surface area contributed by atoms with Crippen molar-refractivity contribution < 1.29 is 19.1 Å². The first kappa shape index (κ1) is 21.6. The Kier molecular flexibility index (Phi) is 6.55. The number of urea groups is 1. The number of amides is 3. The minimum atomic E-state index is -1.03. The van der Waals surface area contributed by atoms with E-state index in [0.29, 0.717) is 18.4 Å². The highest BCUT2D eigenvalue weighted by atomic mass is 16.5. The lowest BCUT2D eigenvalue weighted by Gasteiger charge is -2.21. The van der Waals surface area contributed by atoms with Crippen molar-refractivity contribution in [3.8, 4) is 5.75 Å². The first-order valence-corrected chi connectivity index (χ1v) is 10.3. The van der Waals surface area contributed by atoms with Gasteiger partial charge in [0.2, 0.25) is 0 Å². The predicted molar refractivity (Wildman–Crippen MR) is 115 cm³/mol. The number of nitrogens with one attached hydrogen (secondary N) is 1. The number of hydrogen-bond donors (Lipinski definition) is 1. The van der Waals surface area contributed by atoms with E-state index in [4.69, 9.17) is 4.74 Å². The molecule has 1 atom stereocenters. The van der Waals surface area contributed by atoms with E-state index in [2.05, 4.69) is 12.2 Å². The molecule has 0 aromatic heterocycles. The van der Waals surface area contributed by atoms with E-state index in [1.165, 1.54) is 0 Å². The molecule has 1 fully saturated rings. The first-order chi connectivity index (χ1) is 14.4. The normalized spacial score (nSPS) is 18.4. The second-order valence-corrected chi connectivity index (χ2v) is 7.87. The number of benzene rings is 2. The summed E-state index contributed by atoms with van der Waals surface area (Å²) >= 11 is 0. The highest BCUT2D eigenvalue weighted by Gasteiger charge is 2.47. The molecular formula is C24H28N2O4. The molecule has 1 saturated heterocycles. The summed E-state index contributed by atoms with van der Waals surface area (Å²) in [6, 6.07) is 14.4. The number of carbonyl (C=O) groups excluding carboxylic acids is 3. The van der Waals surface area contributed by atoms with Crippen molar-refractivity contribution in [1.82, 2.24) is 10.2 Å². The van der Waals surface area contributed by atoms with E-state index >= 15 is 0 Å². The van der Waals surface area contributed by atoms with Crippen LogP contribution in [-0.2, 0) is 17.6 Å². The van der Waals surface area contributed by atoms with E-state index in [1.807, 2.05) is 36.4 Å². The molecule has 0 bridgehead atoms. The molecule has 1 N–H and O–H groups in total. The van der Waals surface area contributed by atoms with Crippen molar-refractivity contribution in [2.75, 3.05) is 13.7 Å². The maximum absolute atomic E-state index is 12.9. The molecular weight excluding hydrogens is 380 g/mol. The fourth-order valence-electron chi connectivity index (χ4n) is 3.63. The van der Waals surface area contributed by atoms with Gasteiger partial charge >= 0.3 is 6.03 Å².